The third-order valence-corrected chi connectivity index (χ3v) is 5.80. The quantitative estimate of drug-likeness (QED) is 0.271. The number of likely N-dealkylation sites (N-methyl/N-ethyl adjacent to an activating group) is 1. The summed E-state index contributed by atoms with van der Waals surface area (Å²) in [5, 5.41) is 26.7. The van der Waals surface area contributed by atoms with Crippen molar-refractivity contribution in [2.45, 2.75) is 19.6 Å². The molecule has 0 aliphatic carbocycles. The molecule has 0 bridgehead atoms. The number of carbonyl (C=O) groups is 1. The van der Waals surface area contributed by atoms with Crippen molar-refractivity contribution in [2.75, 3.05) is 39.6 Å². The van der Waals surface area contributed by atoms with E-state index >= 15 is 0 Å². The highest BCUT2D eigenvalue weighted by Gasteiger charge is 2.14. The Morgan fingerprint density at radius 1 is 1.12 bits per heavy atom. The van der Waals surface area contributed by atoms with Gasteiger partial charge in [0.1, 0.15) is 30.0 Å². The van der Waals surface area contributed by atoms with E-state index in [1.54, 1.807) is 54.5 Å². The number of nitrogens with zero attached hydrogens (tertiary/aromatic N) is 8. The van der Waals surface area contributed by atoms with Gasteiger partial charge in [0.2, 0.25) is 5.95 Å². The Morgan fingerprint density at radius 3 is 2.60 bits per heavy atom. The van der Waals surface area contributed by atoms with Gasteiger partial charge in [-0.05, 0) is 67.3 Å². The van der Waals surface area contributed by atoms with Crippen molar-refractivity contribution in [1.82, 2.24) is 40.4 Å². The monoisotopic (exact) mass is 542 g/mol. The molecule has 0 aliphatic rings. The van der Waals surface area contributed by atoms with E-state index in [2.05, 4.69) is 42.2 Å². The van der Waals surface area contributed by atoms with E-state index in [0.29, 0.717) is 47.4 Å². The molecule has 1 unspecified atom stereocenters. The van der Waals surface area contributed by atoms with E-state index in [1.165, 1.54) is 6.33 Å². The lowest BCUT2D eigenvalue weighted by Crippen LogP contribution is -2.31. The highest BCUT2D eigenvalue weighted by atomic mass is 16.5. The number of ether oxygens (including phenoxy) is 2. The van der Waals surface area contributed by atoms with E-state index in [4.69, 9.17) is 9.47 Å². The molecule has 1 amide bonds. The van der Waals surface area contributed by atoms with Crippen molar-refractivity contribution < 1.29 is 14.3 Å². The SMILES string of the molecule is COc1ccc(C(=O)NCCN(C)C)cc1Nc1ncc(-c2ccc(C#N)c(OC(C)Cn3cnnn3)c2)cn1. The van der Waals surface area contributed by atoms with Crippen molar-refractivity contribution in [3.63, 3.8) is 0 Å². The molecule has 0 saturated carbocycles. The average Bonchev–Trinajstić information content (AvgIpc) is 3.46. The van der Waals surface area contributed by atoms with Crippen LogP contribution in [0.2, 0.25) is 0 Å². The number of carbonyl (C=O) groups excluding carboxylic acids is 1. The maximum Gasteiger partial charge on any atom is 0.251 e. The number of nitriles is 1. The predicted octanol–water partition coefficient (Wildman–Crippen LogP) is 2.51. The molecule has 2 aromatic carbocycles. The van der Waals surface area contributed by atoms with E-state index in [9.17, 15) is 10.1 Å². The van der Waals surface area contributed by atoms with Gasteiger partial charge in [0.25, 0.3) is 5.91 Å². The minimum absolute atomic E-state index is 0.185. The number of aromatic nitrogens is 6. The van der Waals surface area contributed by atoms with E-state index in [1.807, 2.05) is 32.0 Å². The second-order valence-corrected chi connectivity index (χ2v) is 9.18. The van der Waals surface area contributed by atoms with E-state index < -0.39 is 0 Å². The van der Waals surface area contributed by atoms with Gasteiger partial charge in [-0.2, -0.15) is 5.26 Å². The fourth-order valence-electron chi connectivity index (χ4n) is 3.78. The standard InChI is InChI=1S/C27H30N10O3/c1-18(16-37-17-32-34-35-37)40-25-12-19(5-6-21(25)13-28)22-14-30-27(31-15-22)33-23-11-20(7-8-24(23)39-4)26(38)29-9-10-36(2)3/h5-8,11-12,14-15,17-18H,9-10,16H2,1-4H3,(H,29,38)(H,30,31,33). The predicted molar refractivity (Wildman–Crippen MR) is 147 cm³/mol. The van der Waals surface area contributed by atoms with Crippen LogP contribution in [0.1, 0.15) is 22.8 Å². The molecule has 0 fully saturated rings. The molecule has 1 atom stereocenters. The molecule has 2 N–H and O–H groups in total. The Hall–Kier alpha value is -5.09. The van der Waals surface area contributed by atoms with Gasteiger partial charge < -0.3 is 25.0 Å². The first-order chi connectivity index (χ1) is 19.4. The Labute approximate surface area is 231 Å². The first-order valence-electron chi connectivity index (χ1n) is 12.5. The smallest absolute Gasteiger partial charge is 0.251 e. The van der Waals surface area contributed by atoms with Crippen molar-refractivity contribution in [3.05, 3.63) is 66.2 Å². The fourth-order valence-corrected chi connectivity index (χ4v) is 3.78. The van der Waals surface area contributed by atoms with Crippen LogP contribution in [0, 0.1) is 11.3 Å². The summed E-state index contributed by atoms with van der Waals surface area (Å²) in [7, 11) is 5.44. The molecule has 13 nitrogen and oxygen atoms in total. The number of rotatable bonds is 12. The normalized spacial score (nSPS) is 11.5. The van der Waals surface area contributed by atoms with E-state index in [0.717, 1.165) is 17.7 Å². The van der Waals surface area contributed by atoms with Gasteiger partial charge in [-0.3, -0.25) is 4.79 Å². The van der Waals surface area contributed by atoms with Crippen LogP contribution in [0.5, 0.6) is 11.5 Å². The Balaban J connectivity index is 1.48. The molecule has 0 spiro atoms. The Kier molecular flexibility index (Phi) is 9.16. The number of hydrogen-bond donors (Lipinski definition) is 2. The third-order valence-electron chi connectivity index (χ3n) is 5.80. The highest BCUT2D eigenvalue weighted by Crippen LogP contribution is 2.30. The second-order valence-electron chi connectivity index (χ2n) is 9.18. The lowest BCUT2D eigenvalue weighted by Gasteiger charge is -2.16. The van der Waals surface area contributed by atoms with Crippen molar-refractivity contribution >= 4 is 17.5 Å². The van der Waals surface area contributed by atoms with Crippen LogP contribution in [0.15, 0.2) is 55.1 Å². The van der Waals surface area contributed by atoms with Gasteiger partial charge in [-0.15, -0.1) is 5.10 Å². The molecule has 2 aromatic heterocycles. The second kappa shape index (κ2) is 13.1. The minimum Gasteiger partial charge on any atom is -0.495 e. The summed E-state index contributed by atoms with van der Waals surface area (Å²) in [6.07, 6.45) is 4.54. The zero-order valence-corrected chi connectivity index (χ0v) is 22.7. The summed E-state index contributed by atoms with van der Waals surface area (Å²) < 4.78 is 13.0. The van der Waals surface area contributed by atoms with E-state index in [-0.39, 0.29) is 12.0 Å². The first kappa shape index (κ1) is 27.9. The molecule has 2 heterocycles. The number of tetrazole rings is 1. The number of nitrogens with one attached hydrogen (secondary N) is 2. The topological polar surface area (TPSA) is 156 Å². The van der Waals surface area contributed by atoms with Gasteiger partial charge in [0.15, 0.2) is 0 Å². The van der Waals surface area contributed by atoms with Crippen LogP contribution in [-0.4, -0.2) is 81.4 Å². The highest BCUT2D eigenvalue weighted by molar-refractivity contribution is 5.95. The van der Waals surface area contributed by atoms with Crippen molar-refractivity contribution in [1.29, 1.82) is 5.26 Å². The molecule has 0 aliphatic heterocycles. The molecule has 40 heavy (non-hydrogen) atoms. The molecule has 0 saturated heterocycles. The van der Waals surface area contributed by atoms with Gasteiger partial charge in [0, 0.05) is 36.6 Å². The van der Waals surface area contributed by atoms with Crippen LogP contribution in [0.25, 0.3) is 11.1 Å². The molecule has 13 heteroatoms. The molecule has 0 radical (unpaired) electrons. The maximum atomic E-state index is 12.6. The molecule has 206 valence electrons. The Morgan fingerprint density at radius 2 is 1.93 bits per heavy atom. The van der Waals surface area contributed by atoms with Crippen LogP contribution in [0.4, 0.5) is 11.6 Å². The van der Waals surface area contributed by atoms with Crippen LogP contribution in [0.3, 0.4) is 0 Å². The van der Waals surface area contributed by atoms with Gasteiger partial charge in [-0.1, -0.05) is 6.07 Å². The Bertz CT molecular complexity index is 1470. The van der Waals surface area contributed by atoms with Gasteiger partial charge in [0.05, 0.1) is 24.9 Å². The first-order valence-corrected chi connectivity index (χ1v) is 12.5. The molecular weight excluding hydrogens is 512 g/mol. The third kappa shape index (κ3) is 7.27. The number of hydrogen-bond acceptors (Lipinski definition) is 11. The van der Waals surface area contributed by atoms with Crippen molar-refractivity contribution in [2.24, 2.45) is 0 Å². The molecule has 4 rings (SSSR count). The van der Waals surface area contributed by atoms with Crippen LogP contribution >= 0.6 is 0 Å². The molecular formula is C27H30N10O3. The number of benzene rings is 2. The fraction of sp³-hybridized carbons (Fsp3) is 0.296. The largest absolute Gasteiger partial charge is 0.495 e. The number of amides is 1. The van der Waals surface area contributed by atoms with Gasteiger partial charge >= 0.3 is 0 Å². The minimum atomic E-state index is -0.283. The average molecular weight is 543 g/mol. The summed E-state index contributed by atoms with van der Waals surface area (Å²) in [6, 6.07) is 12.6. The summed E-state index contributed by atoms with van der Waals surface area (Å²) in [4.78, 5) is 23.4. The summed E-state index contributed by atoms with van der Waals surface area (Å²) in [6.45, 7) is 3.56. The summed E-state index contributed by atoms with van der Waals surface area (Å²) >= 11 is 0. The lowest BCUT2D eigenvalue weighted by atomic mass is 10.1. The number of anilines is 2. The van der Waals surface area contributed by atoms with Crippen LogP contribution < -0.4 is 20.1 Å². The zero-order valence-electron chi connectivity index (χ0n) is 22.7. The lowest BCUT2D eigenvalue weighted by molar-refractivity contribution is 0.0951. The summed E-state index contributed by atoms with van der Waals surface area (Å²) in [5.41, 5.74) is 2.96. The molecule has 4 aromatic rings. The van der Waals surface area contributed by atoms with Crippen molar-refractivity contribution in [3.8, 4) is 28.7 Å². The summed E-state index contributed by atoms with van der Waals surface area (Å²) in [5.74, 6) is 1.12. The maximum absolute atomic E-state index is 12.6. The van der Waals surface area contributed by atoms with Crippen LogP contribution in [-0.2, 0) is 6.54 Å². The number of methoxy groups -OCH3 is 1. The zero-order chi connectivity index (χ0) is 28.5. The van der Waals surface area contributed by atoms with Gasteiger partial charge in [-0.25, -0.2) is 14.6 Å².